The molecule has 0 amide bonds. The molecule has 5 heteroatoms. The monoisotopic (exact) mass is 251 g/mol. The number of carboxylic acids is 1. The highest BCUT2D eigenvalue weighted by molar-refractivity contribution is 5.86. The summed E-state index contributed by atoms with van der Waals surface area (Å²) in [5, 5.41) is 9.88. The topological polar surface area (TPSA) is 76.0 Å². The second-order valence-corrected chi connectivity index (χ2v) is 4.01. The van der Waals surface area contributed by atoms with E-state index in [4.69, 9.17) is 5.11 Å². The Hall–Kier alpha value is -2.82. The third-order valence-electron chi connectivity index (χ3n) is 2.74. The average molecular weight is 251 g/mol. The predicted molar refractivity (Wildman–Crippen MR) is 69.7 cm³/mol. The molecule has 0 saturated heterocycles. The van der Waals surface area contributed by atoms with E-state index in [9.17, 15) is 4.79 Å². The molecular weight excluding hydrogens is 242 g/mol. The van der Waals surface area contributed by atoms with Crippen molar-refractivity contribution in [2.75, 3.05) is 0 Å². The van der Waals surface area contributed by atoms with Gasteiger partial charge in [-0.1, -0.05) is 18.2 Å². The molecule has 3 aromatic rings. The van der Waals surface area contributed by atoms with Crippen LogP contribution in [0, 0.1) is 0 Å². The fourth-order valence-corrected chi connectivity index (χ4v) is 1.82. The van der Waals surface area contributed by atoms with Crippen LogP contribution in [0.2, 0.25) is 0 Å². The van der Waals surface area contributed by atoms with Crippen LogP contribution in [0.3, 0.4) is 0 Å². The van der Waals surface area contributed by atoms with Gasteiger partial charge in [-0.15, -0.1) is 0 Å². The minimum absolute atomic E-state index is 0.0781. The summed E-state index contributed by atoms with van der Waals surface area (Å²) in [6, 6.07) is 9.61. The van der Waals surface area contributed by atoms with Crippen molar-refractivity contribution in [3.8, 4) is 11.3 Å². The molecule has 19 heavy (non-hydrogen) atoms. The van der Waals surface area contributed by atoms with Crippen molar-refractivity contribution >= 4 is 16.9 Å². The summed E-state index contributed by atoms with van der Waals surface area (Å²) in [5.74, 6) is -1.09. The summed E-state index contributed by atoms with van der Waals surface area (Å²) >= 11 is 0. The highest BCUT2D eigenvalue weighted by atomic mass is 16.4. The van der Waals surface area contributed by atoms with Gasteiger partial charge >= 0.3 is 5.97 Å². The fraction of sp³-hybridized carbons (Fsp3) is 0. The first-order valence-electron chi connectivity index (χ1n) is 5.64. The Kier molecular flexibility index (Phi) is 2.64. The van der Waals surface area contributed by atoms with Gasteiger partial charge in [0, 0.05) is 17.1 Å². The molecule has 0 atom stereocenters. The van der Waals surface area contributed by atoms with Gasteiger partial charge in [0.1, 0.15) is 0 Å². The molecule has 0 unspecified atom stereocenters. The van der Waals surface area contributed by atoms with Gasteiger partial charge in [-0.3, -0.25) is 9.97 Å². The molecule has 92 valence electrons. The van der Waals surface area contributed by atoms with Crippen molar-refractivity contribution in [3.05, 3.63) is 54.6 Å². The smallest absolute Gasteiger partial charge is 0.356 e. The maximum absolute atomic E-state index is 10.9. The van der Waals surface area contributed by atoms with Crippen LogP contribution in [-0.2, 0) is 0 Å². The van der Waals surface area contributed by atoms with Crippen LogP contribution in [0.5, 0.6) is 0 Å². The molecule has 0 bridgehead atoms. The number of carbonyl (C=O) groups is 1. The molecule has 0 spiro atoms. The summed E-state index contributed by atoms with van der Waals surface area (Å²) in [6.07, 6.45) is 4.41. The third kappa shape index (κ3) is 2.13. The largest absolute Gasteiger partial charge is 0.476 e. The molecule has 0 aliphatic heterocycles. The van der Waals surface area contributed by atoms with Crippen molar-refractivity contribution in [2.24, 2.45) is 0 Å². The van der Waals surface area contributed by atoms with E-state index in [0.717, 1.165) is 16.5 Å². The molecular formula is C14H9N3O2. The Morgan fingerprint density at radius 3 is 2.79 bits per heavy atom. The zero-order valence-electron chi connectivity index (χ0n) is 9.82. The molecule has 3 rings (SSSR count). The van der Waals surface area contributed by atoms with Crippen LogP contribution in [0.1, 0.15) is 10.5 Å². The number of aromatic carboxylic acids is 1. The van der Waals surface area contributed by atoms with Gasteiger partial charge in [-0.25, -0.2) is 9.78 Å². The van der Waals surface area contributed by atoms with Crippen molar-refractivity contribution < 1.29 is 9.90 Å². The number of hydrogen-bond acceptors (Lipinski definition) is 4. The van der Waals surface area contributed by atoms with Crippen molar-refractivity contribution in [1.29, 1.82) is 0 Å². The summed E-state index contributed by atoms with van der Waals surface area (Å²) < 4.78 is 0. The molecule has 0 aliphatic carbocycles. The molecule has 5 nitrogen and oxygen atoms in total. The van der Waals surface area contributed by atoms with E-state index in [1.54, 1.807) is 6.20 Å². The highest BCUT2D eigenvalue weighted by Crippen LogP contribution is 2.20. The van der Waals surface area contributed by atoms with E-state index in [-0.39, 0.29) is 5.69 Å². The first-order valence-corrected chi connectivity index (χ1v) is 5.64. The van der Waals surface area contributed by atoms with Crippen LogP contribution in [0.4, 0.5) is 0 Å². The number of fused-ring (bicyclic) bond motifs is 1. The van der Waals surface area contributed by atoms with Crippen LogP contribution < -0.4 is 0 Å². The number of carboxylic acid groups (broad SMARTS) is 1. The number of aromatic nitrogens is 3. The quantitative estimate of drug-likeness (QED) is 0.756. The van der Waals surface area contributed by atoms with E-state index in [0.29, 0.717) is 5.69 Å². The lowest BCUT2D eigenvalue weighted by molar-refractivity contribution is 0.0690. The van der Waals surface area contributed by atoms with Gasteiger partial charge in [0.25, 0.3) is 0 Å². The minimum Gasteiger partial charge on any atom is -0.476 e. The first-order chi connectivity index (χ1) is 9.24. The SMILES string of the molecule is O=C(O)c1cncc(-c2cnc3ccccc3c2)n1. The maximum Gasteiger partial charge on any atom is 0.356 e. The lowest BCUT2D eigenvalue weighted by Crippen LogP contribution is -2.02. The van der Waals surface area contributed by atoms with Crippen LogP contribution in [0.25, 0.3) is 22.2 Å². The van der Waals surface area contributed by atoms with Crippen molar-refractivity contribution in [2.45, 2.75) is 0 Å². The Labute approximate surface area is 108 Å². The molecule has 2 aromatic heterocycles. The van der Waals surface area contributed by atoms with E-state index in [1.165, 1.54) is 12.4 Å². The van der Waals surface area contributed by atoms with Crippen LogP contribution in [-0.4, -0.2) is 26.0 Å². The van der Waals surface area contributed by atoms with Gasteiger partial charge in [-0.05, 0) is 12.1 Å². The average Bonchev–Trinajstić information content (AvgIpc) is 2.47. The molecule has 0 aliphatic rings. The van der Waals surface area contributed by atoms with Gasteiger partial charge in [0.2, 0.25) is 0 Å². The van der Waals surface area contributed by atoms with Crippen molar-refractivity contribution in [1.82, 2.24) is 15.0 Å². The minimum atomic E-state index is -1.09. The molecule has 2 heterocycles. The molecule has 0 radical (unpaired) electrons. The maximum atomic E-state index is 10.9. The second kappa shape index (κ2) is 4.45. The Morgan fingerprint density at radius 2 is 1.95 bits per heavy atom. The Bertz CT molecular complexity index is 771. The lowest BCUT2D eigenvalue weighted by atomic mass is 10.1. The molecule has 1 aromatic carbocycles. The van der Waals surface area contributed by atoms with E-state index >= 15 is 0 Å². The van der Waals surface area contributed by atoms with Crippen molar-refractivity contribution in [3.63, 3.8) is 0 Å². The zero-order valence-corrected chi connectivity index (χ0v) is 9.82. The molecule has 0 saturated carbocycles. The van der Waals surface area contributed by atoms with E-state index in [2.05, 4.69) is 15.0 Å². The number of nitrogens with zero attached hydrogens (tertiary/aromatic N) is 3. The first kappa shape index (κ1) is 11.3. The number of pyridine rings is 1. The zero-order chi connectivity index (χ0) is 13.2. The number of hydrogen-bond donors (Lipinski definition) is 1. The summed E-state index contributed by atoms with van der Waals surface area (Å²) in [7, 11) is 0. The van der Waals surface area contributed by atoms with E-state index in [1.807, 2.05) is 30.3 Å². The van der Waals surface area contributed by atoms with Gasteiger partial charge in [-0.2, -0.15) is 0 Å². The Balaban J connectivity index is 2.13. The van der Waals surface area contributed by atoms with Crippen LogP contribution >= 0.6 is 0 Å². The van der Waals surface area contributed by atoms with E-state index < -0.39 is 5.97 Å². The standard InChI is InChI=1S/C14H9N3O2/c18-14(19)13-8-15-7-12(17-13)10-5-9-3-1-2-4-11(9)16-6-10/h1-8H,(H,18,19). The number of para-hydroxylation sites is 1. The molecule has 0 fully saturated rings. The fourth-order valence-electron chi connectivity index (χ4n) is 1.82. The van der Waals surface area contributed by atoms with Crippen LogP contribution in [0.15, 0.2) is 48.9 Å². The number of benzene rings is 1. The molecule has 1 N–H and O–H groups in total. The normalized spacial score (nSPS) is 10.5. The summed E-state index contributed by atoms with van der Waals surface area (Å²) in [4.78, 5) is 23.1. The number of rotatable bonds is 2. The predicted octanol–water partition coefficient (Wildman–Crippen LogP) is 2.39. The lowest BCUT2D eigenvalue weighted by Gasteiger charge is -2.03. The third-order valence-corrected chi connectivity index (χ3v) is 2.74. The van der Waals surface area contributed by atoms with Gasteiger partial charge in [0.15, 0.2) is 5.69 Å². The van der Waals surface area contributed by atoms with Gasteiger partial charge < -0.3 is 5.11 Å². The second-order valence-electron chi connectivity index (χ2n) is 4.01. The van der Waals surface area contributed by atoms with Gasteiger partial charge in [0.05, 0.1) is 23.6 Å². The highest BCUT2D eigenvalue weighted by Gasteiger charge is 2.08. The summed E-state index contributed by atoms with van der Waals surface area (Å²) in [6.45, 7) is 0. The summed E-state index contributed by atoms with van der Waals surface area (Å²) in [5.41, 5.74) is 2.05. The Morgan fingerprint density at radius 1 is 1.11 bits per heavy atom.